The summed E-state index contributed by atoms with van der Waals surface area (Å²) >= 11 is 0. The number of pyridine rings is 1. The first-order chi connectivity index (χ1) is 12.6. The maximum absolute atomic E-state index is 13.3. The third kappa shape index (κ3) is 2.69. The summed E-state index contributed by atoms with van der Waals surface area (Å²) in [4.78, 5) is 19.5. The fourth-order valence-corrected chi connectivity index (χ4v) is 3.46. The van der Waals surface area contributed by atoms with Crippen LogP contribution in [-0.2, 0) is 6.42 Å². The van der Waals surface area contributed by atoms with Gasteiger partial charge in [-0.15, -0.1) is 0 Å². The van der Waals surface area contributed by atoms with Gasteiger partial charge in [-0.1, -0.05) is 24.6 Å². The maximum Gasteiger partial charge on any atom is 0.277 e. The van der Waals surface area contributed by atoms with Crippen molar-refractivity contribution in [1.82, 2.24) is 14.8 Å². The highest BCUT2D eigenvalue weighted by atomic mass is 16.2. The van der Waals surface area contributed by atoms with Gasteiger partial charge >= 0.3 is 0 Å². The highest BCUT2D eigenvalue weighted by Gasteiger charge is 2.33. The molecule has 5 heteroatoms. The van der Waals surface area contributed by atoms with Gasteiger partial charge in [0.1, 0.15) is 5.69 Å². The van der Waals surface area contributed by atoms with Crippen molar-refractivity contribution < 1.29 is 4.79 Å². The van der Waals surface area contributed by atoms with Crippen LogP contribution in [0, 0.1) is 6.92 Å². The van der Waals surface area contributed by atoms with Crippen molar-refractivity contribution >= 4 is 11.6 Å². The number of aromatic nitrogens is 3. The van der Waals surface area contributed by atoms with E-state index in [1.165, 1.54) is 5.56 Å². The molecule has 132 valence electrons. The molecule has 2 aromatic heterocycles. The van der Waals surface area contributed by atoms with Gasteiger partial charge in [0.15, 0.2) is 0 Å². The quantitative estimate of drug-likeness (QED) is 0.720. The predicted octanol–water partition coefficient (Wildman–Crippen LogP) is 4.04. The second kappa shape index (κ2) is 6.41. The van der Waals surface area contributed by atoms with Crippen LogP contribution >= 0.6 is 0 Å². The molecule has 0 N–H and O–H groups in total. The molecule has 0 spiro atoms. The minimum absolute atomic E-state index is 0.00527. The Morgan fingerprint density at radius 1 is 1.19 bits per heavy atom. The number of anilines is 1. The van der Waals surface area contributed by atoms with E-state index in [1.807, 2.05) is 52.9 Å². The Morgan fingerprint density at radius 3 is 2.69 bits per heavy atom. The molecule has 0 saturated heterocycles. The van der Waals surface area contributed by atoms with Gasteiger partial charge in [-0.3, -0.25) is 14.5 Å². The highest BCUT2D eigenvalue weighted by molar-refractivity contribution is 6.09. The zero-order chi connectivity index (χ0) is 18.3. The SMILES string of the molecule is C[11CH2]c1cc(-c2cnn3c2C(=O)N(c2ccc(C)cc2)C[C@@H]3C)ccn1. The zero-order valence-corrected chi connectivity index (χ0v) is 15.3. The van der Waals surface area contributed by atoms with E-state index >= 15 is 0 Å². The molecule has 3 heterocycles. The van der Waals surface area contributed by atoms with Gasteiger partial charge in [0, 0.05) is 29.7 Å². The van der Waals surface area contributed by atoms with Crippen molar-refractivity contribution in [2.45, 2.75) is 33.2 Å². The smallest absolute Gasteiger partial charge is 0.277 e. The molecule has 0 unspecified atom stereocenters. The molecule has 3 aromatic rings. The Labute approximate surface area is 153 Å². The number of hydrogen-bond donors (Lipinski definition) is 0. The first-order valence-corrected chi connectivity index (χ1v) is 9.00. The van der Waals surface area contributed by atoms with E-state index in [-0.39, 0.29) is 11.9 Å². The Kier molecular flexibility index (Phi) is 4.07. The average Bonchev–Trinajstić information content (AvgIpc) is 3.11. The summed E-state index contributed by atoms with van der Waals surface area (Å²) < 4.78 is 1.86. The molecule has 0 bridgehead atoms. The van der Waals surface area contributed by atoms with Gasteiger partial charge in [-0.05, 0) is 50.1 Å². The van der Waals surface area contributed by atoms with Crippen LogP contribution in [-0.4, -0.2) is 27.2 Å². The fourth-order valence-electron chi connectivity index (χ4n) is 3.46. The topological polar surface area (TPSA) is 51.0 Å². The number of nitrogens with zero attached hydrogens (tertiary/aromatic N) is 4. The van der Waals surface area contributed by atoms with E-state index < -0.39 is 0 Å². The fraction of sp³-hybridized carbons (Fsp3) is 0.286. The Balaban J connectivity index is 1.80. The minimum atomic E-state index is -0.00527. The van der Waals surface area contributed by atoms with Crippen LogP contribution in [0.3, 0.4) is 0 Å². The largest absolute Gasteiger partial charge is 0.305 e. The minimum Gasteiger partial charge on any atom is -0.305 e. The lowest BCUT2D eigenvalue weighted by Crippen LogP contribution is -2.42. The molecule has 0 aliphatic carbocycles. The van der Waals surface area contributed by atoms with E-state index in [0.717, 1.165) is 28.9 Å². The van der Waals surface area contributed by atoms with E-state index in [1.54, 1.807) is 12.4 Å². The van der Waals surface area contributed by atoms with E-state index in [2.05, 4.69) is 23.9 Å². The van der Waals surface area contributed by atoms with Gasteiger partial charge < -0.3 is 4.90 Å². The average molecular weight is 345 g/mol. The molecule has 26 heavy (non-hydrogen) atoms. The number of carbonyl (C=O) groups excluding carboxylic acids is 1. The van der Waals surface area contributed by atoms with Crippen molar-refractivity contribution in [2.24, 2.45) is 0 Å². The molecule has 1 aliphatic rings. The van der Waals surface area contributed by atoms with Crippen LogP contribution < -0.4 is 4.90 Å². The molecule has 5 nitrogen and oxygen atoms in total. The molecule has 1 aliphatic heterocycles. The Hall–Kier alpha value is -2.95. The molecule has 0 saturated carbocycles. The summed E-state index contributed by atoms with van der Waals surface area (Å²) in [6.45, 7) is 6.84. The lowest BCUT2D eigenvalue weighted by atomic mass is 9.87. The lowest BCUT2D eigenvalue weighted by Gasteiger charge is -2.32. The molecule has 0 radical (unpaired) electrons. The zero-order valence-electron chi connectivity index (χ0n) is 15.3. The number of benzene rings is 1. The van der Waals surface area contributed by atoms with Crippen molar-refractivity contribution in [3.8, 4) is 11.1 Å². The van der Waals surface area contributed by atoms with Crippen molar-refractivity contribution in [1.29, 1.82) is 0 Å². The first-order valence-electron chi connectivity index (χ1n) is 9.00. The maximum atomic E-state index is 13.3. The standard InChI is InChI=1S/C21H22N4O/c1-4-17-11-16(9-10-22-17)19-12-23-25-15(3)13-24(21(26)20(19)25)18-7-5-14(2)6-8-18/h5-12,15H,4,13H2,1-3H3/t15-/m0/s1/i4-1. The lowest BCUT2D eigenvalue weighted by molar-refractivity contribution is 0.0954. The molecular weight excluding hydrogens is 323 g/mol. The third-order valence-electron chi connectivity index (χ3n) is 4.94. The third-order valence-corrected chi connectivity index (χ3v) is 4.94. The van der Waals surface area contributed by atoms with Crippen LogP contribution in [0.4, 0.5) is 5.69 Å². The van der Waals surface area contributed by atoms with E-state index in [4.69, 9.17) is 0 Å². The Bertz CT molecular complexity index is 958. The normalized spacial score (nSPS) is 16.7. The van der Waals surface area contributed by atoms with Gasteiger partial charge in [-0.25, -0.2) is 0 Å². The molecule has 1 atom stereocenters. The first kappa shape index (κ1) is 16.5. The second-order valence-corrected chi connectivity index (χ2v) is 6.84. The number of carbonyl (C=O) groups is 1. The monoisotopic (exact) mass is 345 g/mol. The summed E-state index contributed by atoms with van der Waals surface area (Å²) in [5.74, 6) is -0.00527. The van der Waals surface area contributed by atoms with Gasteiger partial charge in [-0.2, -0.15) is 5.10 Å². The van der Waals surface area contributed by atoms with E-state index in [9.17, 15) is 4.79 Å². The van der Waals surface area contributed by atoms with Crippen molar-refractivity contribution in [3.63, 3.8) is 0 Å². The molecule has 1 aromatic carbocycles. The van der Waals surface area contributed by atoms with E-state index in [0.29, 0.717) is 12.2 Å². The predicted molar refractivity (Wildman–Crippen MR) is 102 cm³/mol. The van der Waals surface area contributed by atoms with Crippen LogP contribution in [0.5, 0.6) is 0 Å². The summed E-state index contributed by atoms with van der Waals surface area (Å²) in [6.07, 6.45) is 4.46. The van der Waals surface area contributed by atoms with Gasteiger partial charge in [0.2, 0.25) is 0 Å². The van der Waals surface area contributed by atoms with Crippen LogP contribution in [0.25, 0.3) is 11.1 Å². The second-order valence-electron chi connectivity index (χ2n) is 6.84. The number of amides is 1. The summed E-state index contributed by atoms with van der Waals surface area (Å²) in [6, 6.07) is 12.2. The van der Waals surface area contributed by atoms with Crippen LogP contribution in [0.2, 0.25) is 0 Å². The molecule has 4 rings (SSSR count). The summed E-state index contributed by atoms with van der Waals surface area (Å²) in [5, 5.41) is 4.51. The number of hydrogen-bond acceptors (Lipinski definition) is 3. The number of fused-ring (bicyclic) bond motifs is 1. The molecule has 0 fully saturated rings. The summed E-state index contributed by atoms with van der Waals surface area (Å²) in [5.41, 5.74) is 5.63. The number of aryl methyl sites for hydroxylation is 2. The van der Waals surface area contributed by atoms with Crippen LogP contribution in [0.1, 0.15) is 41.6 Å². The van der Waals surface area contributed by atoms with Crippen LogP contribution in [0.15, 0.2) is 48.8 Å². The molecular formula is C21H22N4O. The van der Waals surface area contributed by atoms with Gasteiger partial charge in [0.25, 0.3) is 5.91 Å². The highest BCUT2D eigenvalue weighted by Crippen LogP contribution is 2.32. The van der Waals surface area contributed by atoms with Crippen molar-refractivity contribution in [3.05, 3.63) is 65.7 Å². The van der Waals surface area contributed by atoms with Crippen molar-refractivity contribution in [2.75, 3.05) is 11.4 Å². The Morgan fingerprint density at radius 2 is 1.96 bits per heavy atom. The number of rotatable bonds is 3. The van der Waals surface area contributed by atoms with Gasteiger partial charge in [0.05, 0.1) is 12.2 Å². The summed E-state index contributed by atoms with van der Waals surface area (Å²) in [7, 11) is 0. The molecule has 1 amide bonds.